The van der Waals surface area contributed by atoms with Crippen molar-refractivity contribution in [1.29, 1.82) is 0 Å². The van der Waals surface area contributed by atoms with Crippen molar-refractivity contribution in [3.05, 3.63) is 46.3 Å². The number of nitro groups is 1. The van der Waals surface area contributed by atoms with Gasteiger partial charge in [0.05, 0.1) is 24.2 Å². The molecule has 0 atom stereocenters. The molecule has 1 aromatic carbocycles. The van der Waals surface area contributed by atoms with Crippen LogP contribution in [0.3, 0.4) is 0 Å². The van der Waals surface area contributed by atoms with Crippen molar-refractivity contribution in [2.45, 2.75) is 6.92 Å². The van der Waals surface area contributed by atoms with Crippen molar-refractivity contribution in [3.8, 4) is 0 Å². The van der Waals surface area contributed by atoms with Crippen LogP contribution in [0.2, 0.25) is 0 Å². The van der Waals surface area contributed by atoms with Crippen molar-refractivity contribution in [2.24, 2.45) is 0 Å². The summed E-state index contributed by atoms with van der Waals surface area (Å²) in [4.78, 5) is 10.1. The van der Waals surface area contributed by atoms with Crippen molar-refractivity contribution in [1.82, 2.24) is 0 Å². The molecule has 0 heterocycles. The molecule has 0 aliphatic rings. The van der Waals surface area contributed by atoms with Gasteiger partial charge in [-0.25, -0.2) is 4.39 Å². The lowest BCUT2D eigenvalue weighted by atomic mass is 10.2. The summed E-state index contributed by atoms with van der Waals surface area (Å²) in [5.41, 5.74) is 0.901. The maximum Gasteiger partial charge on any atom is 0.295 e. The van der Waals surface area contributed by atoms with Crippen LogP contribution in [0.15, 0.2) is 30.4 Å². The minimum absolute atomic E-state index is 0.278. The molecule has 0 bridgehead atoms. The van der Waals surface area contributed by atoms with Gasteiger partial charge in [-0.2, -0.15) is 0 Å². The Bertz CT molecular complexity index is 449. The molecule has 0 aliphatic heterocycles. The Morgan fingerprint density at radius 1 is 1.61 bits per heavy atom. The second kappa shape index (κ2) is 6.70. The molecule has 0 amide bonds. The van der Waals surface area contributed by atoms with E-state index in [9.17, 15) is 14.5 Å². The van der Waals surface area contributed by atoms with E-state index in [1.807, 2.05) is 6.92 Å². The van der Waals surface area contributed by atoms with Crippen LogP contribution in [0.4, 0.5) is 15.8 Å². The summed E-state index contributed by atoms with van der Waals surface area (Å²) in [7, 11) is 0. The Kier molecular flexibility index (Phi) is 5.26. The van der Waals surface area contributed by atoms with Gasteiger partial charge in [0.1, 0.15) is 11.5 Å². The van der Waals surface area contributed by atoms with Crippen LogP contribution < -0.4 is 5.32 Å². The van der Waals surface area contributed by atoms with Crippen LogP contribution in [-0.2, 0) is 4.74 Å². The minimum atomic E-state index is -0.634. The summed E-state index contributed by atoms with van der Waals surface area (Å²) in [6, 6.07) is 3.40. The molecule has 0 saturated carbocycles. The molecule has 98 valence electrons. The number of rotatable bonds is 7. The van der Waals surface area contributed by atoms with Gasteiger partial charge in [0.2, 0.25) is 0 Å². The van der Waals surface area contributed by atoms with Crippen LogP contribution in [0.25, 0.3) is 0 Å². The quantitative estimate of drug-likeness (QED) is 0.351. The van der Waals surface area contributed by atoms with E-state index in [1.54, 1.807) is 0 Å². The first-order valence-corrected chi connectivity index (χ1v) is 5.40. The van der Waals surface area contributed by atoms with E-state index < -0.39 is 10.7 Å². The lowest BCUT2D eigenvalue weighted by Crippen LogP contribution is -2.11. The van der Waals surface area contributed by atoms with Gasteiger partial charge in [0, 0.05) is 6.54 Å². The van der Waals surface area contributed by atoms with Crippen LogP contribution in [-0.4, -0.2) is 24.7 Å². The Hall–Kier alpha value is -1.95. The molecule has 0 aromatic heterocycles. The largest absolute Gasteiger partial charge is 0.377 e. The molecule has 6 heteroatoms. The summed E-state index contributed by atoms with van der Waals surface area (Å²) in [5.74, 6) is -0.634. The lowest BCUT2D eigenvalue weighted by molar-refractivity contribution is -0.384. The number of ether oxygens (including phenoxy) is 1. The van der Waals surface area contributed by atoms with Gasteiger partial charge in [-0.15, -0.1) is 0 Å². The fourth-order valence-corrected chi connectivity index (χ4v) is 1.31. The fourth-order valence-electron chi connectivity index (χ4n) is 1.31. The molecule has 0 saturated heterocycles. The summed E-state index contributed by atoms with van der Waals surface area (Å²) < 4.78 is 18.1. The molecule has 5 nitrogen and oxygen atoms in total. The summed E-state index contributed by atoms with van der Waals surface area (Å²) in [6.45, 7) is 6.77. The average molecular weight is 254 g/mol. The second-order valence-corrected chi connectivity index (χ2v) is 3.86. The van der Waals surface area contributed by atoms with Crippen LogP contribution in [0.5, 0.6) is 0 Å². The SMILES string of the molecule is C=C(C)COCCNc1ccc(F)cc1[N+](=O)[O-]. The number of nitro benzene ring substituents is 1. The molecular formula is C12H15FN2O3. The summed E-state index contributed by atoms with van der Waals surface area (Å²) >= 11 is 0. The first-order valence-electron chi connectivity index (χ1n) is 5.40. The minimum Gasteiger partial charge on any atom is -0.377 e. The first-order chi connectivity index (χ1) is 8.50. The standard InChI is InChI=1S/C12H15FN2O3/c1-9(2)8-18-6-5-14-11-4-3-10(13)7-12(11)15(16)17/h3-4,7,14H,1,5-6,8H2,2H3. The van der Waals surface area contributed by atoms with Gasteiger partial charge in [0.15, 0.2) is 0 Å². The Morgan fingerprint density at radius 3 is 2.94 bits per heavy atom. The first kappa shape index (κ1) is 14.1. The van der Waals surface area contributed by atoms with E-state index >= 15 is 0 Å². The molecule has 1 aromatic rings. The number of nitrogens with zero attached hydrogens (tertiary/aromatic N) is 1. The Morgan fingerprint density at radius 2 is 2.33 bits per heavy atom. The van der Waals surface area contributed by atoms with Crippen molar-refractivity contribution in [2.75, 3.05) is 25.1 Å². The molecule has 0 radical (unpaired) electrons. The number of hydrogen-bond acceptors (Lipinski definition) is 4. The lowest BCUT2D eigenvalue weighted by Gasteiger charge is -2.07. The van der Waals surface area contributed by atoms with E-state index in [-0.39, 0.29) is 11.4 Å². The highest BCUT2D eigenvalue weighted by Crippen LogP contribution is 2.24. The fraction of sp³-hybridized carbons (Fsp3) is 0.333. The highest BCUT2D eigenvalue weighted by Gasteiger charge is 2.14. The van der Waals surface area contributed by atoms with Crippen LogP contribution >= 0.6 is 0 Å². The number of nitrogens with one attached hydrogen (secondary N) is 1. The number of hydrogen-bond donors (Lipinski definition) is 1. The maximum absolute atomic E-state index is 12.9. The van der Waals surface area contributed by atoms with Crippen molar-refractivity contribution < 1.29 is 14.1 Å². The smallest absolute Gasteiger partial charge is 0.295 e. The maximum atomic E-state index is 12.9. The van der Waals surface area contributed by atoms with Crippen LogP contribution in [0.1, 0.15) is 6.92 Å². The van der Waals surface area contributed by atoms with Gasteiger partial charge in [0.25, 0.3) is 5.69 Å². The van der Waals surface area contributed by atoms with E-state index in [2.05, 4.69) is 11.9 Å². The normalized spacial score (nSPS) is 10.1. The molecule has 18 heavy (non-hydrogen) atoms. The summed E-state index contributed by atoms with van der Waals surface area (Å²) in [5, 5.41) is 13.5. The number of halogens is 1. The van der Waals surface area contributed by atoms with Gasteiger partial charge in [-0.1, -0.05) is 12.2 Å². The van der Waals surface area contributed by atoms with Gasteiger partial charge in [-0.05, 0) is 19.1 Å². The highest BCUT2D eigenvalue weighted by molar-refractivity contribution is 5.61. The average Bonchev–Trinajstić information content (AvgIpc) is 2.29. The Balaban J connectivity index is 2.51. The van der Waals surface area contributed by atoms with Gasteiger partial charge < -0.3 is 10.1 Å². The van der Waals surface area contributed by atoms with E-state index in [4.69, 9.17) is 4.74 Å². The third-order valence-electron chi connectivity index (χ3n) is 2.07. The molecule has 0 spiro atoms. The zero-order valence-corrected chi connectivity index (χ0v) is 10.1. The predicted molar refractivity (Wildman–Crippen MR) is 67.2 cm³/mol. The highest BCUT2D eigenvalue weighted by atomic mass is 19.1. The zero-order chi connectivity index (χ0) is 13.5. The number of anilines is 1. The zero-order valence-electron chi connectivity index (χ0n) is 10.1. The molecule has 1 N–H and O–H groups in total. The Labute approximate surface area is 104 Å². The van der Waals surface area contributed by atoms with Gasteiger partial charge in [-0.3, -0.25) is 10.1 Å². The second-order valence-electron chi connectivity index (χ2n) is 3.86. The predicted octanol–water partition coefficient (Wildman–Crippen LogP) is 2.74. The van der Waals surface area contributed by atoms with Gasteiger partial charge >= 0.3 is 0 Å². The molecule has 0 aliphatic carbocycles. The van der Waals surface area contributed by atoms with E-state index in [1.165, 1.54) is 12.1 Å². The topological polar surface area (TPSA) is 64.4 Å². The third-order valence-corrected chi connectivity index (χ3v) is 2.07. The molecule has 0 fully saturated rings. The molecule has 1 rings (SSSR count). The summed E-state index contributed by atoms with van der Waals surface area (Å²) in [6.07, 6.45) is 0. The molecular weight excluding hydrogens is 239 g/mol. The molecule has 0 unspecified atom stereocenters. The number of benzene rings is 1. The third kappa shape index (κ3) is 4.50. The van der Waals surface area contributed by atoms with E-state index in [0.717, 1.165) is 11.6 Å². The van der Waals surface area contributed by atoms with Crippen LogP contribution in [0, 0.1) is 15.9 Å². The van der Waals surface area contributed by atoms with E-state index in [0.29, 0.717) is 19.8 Å². The van der Waals surface area contributed by atoms with Crippen molar-refractivity contribution in [3.63, 3.8) is 0 Å². The van der Waals surface area contributed by atoms with Crippen molar-refractivity contribution >= 4 is 11.4 Å². The monoisotopic (exact) mass is 254 g/mol.